The number of aromatic nitrogens is 2. The molecule has 1 aromatic rings. The summed E-state index contributed by atoms with van der Waals surface area (Å²) in [6.45, 7) is 9.66. The van der Waals surface area contributed by atoms with Crippen LogP contribution in [-0.2, 0) is 56.8 Å². The maximum Gasteiger partial charge on any atom is 0.208 e. The van der Waals surface area contributed by atoms with Gasteiger partial charge in [0.2, 0.25) is 6.29 Å². The minimum Gasteiger partial charge on any atom is -0.379 e. The second kappa shape index (κ2) is 24.0. The summed E-state index contributed by atoms with van der Waals surface area (Å²) in [5.74, 6) is 0. The predicted molar refractivity (Wildman–Crippen MR) is 147 cm³/mol. The Morgan fingerprint density at radius 1 is 0.524 bits per heavy atom. The van der Waals surface area contributed by atoms with Gasteiger partial charge in [0, 0.05) is 19.4 Å². The first kappa shape index (κ1) is 35.1. The lowest BCUT2D eigenvalue weighted by atomic mass is 10.4. The highest BCUT2D eigenvalue weighted by atomic mass is 16.8. The zero-order valence-corrected chi connectivity index (χ0v) is 24.8. The van der Waals surface area contributed by atoms with Gasteiger partial charge in [0.1, 0.15) is 5.69 Å². The van der Waals surface area contributed by atoms with Crippen LogP contribution < -0.4 is 0 Å². The molecule has 1 aromatic heterocycles. The summed E-state index contributed by atoms with van der Waals surface area (Å²) < 4.78 is 69.5. The van der Waals surface area contributed by atoms with Crippen LogP contribution in [0.2, 0.25) is 0 Å². The summed E-state index contributed by atoms with van der Waals surface area (Å²) in [4.78, 5) is 8.86. The van der Waals surface area contributed by atoms with Gasteiger partial charge in [-0.15, -0.1) is 0 Å². The molecule has 0 aliphatic carbocycles. The molecule has 0 bridgehead atoms. The molecule has 242 valence electrons. The van der Waals surface area contributed by atoms with Crippen molar-refractivity contribution in [2.24, 2.45) is 0 Å². The lowest BCUT2D eigenvalue weighted by molar-refractivity contribution is -0.314. The highest BCUT2D eigenvalue weighted by Crippen LogP contribution is 2.22. The zero-order chi connectivity index (χ0) is 29.3. The molecule has 0 N–H and O–H groups in total. The van der Waals surface area contributed by atoms with Gasteiger partial charge < -0.3 is 56.8 Å². The van der Waals surface area contributed by atoms with Crippen molar-refractivity contribution in [1.82, 2.24) is 9.97 Å². The van der Waals surface area contributed by atoms with Gasteiger partial charge in [-0.25, -0.2) is 0 Å². The van der Waals surface area contributed by atoms with Gasteiger partial charge in [0.15, 0.2) is 12.6 Å². The Morgan fingerprint density at radius 2 is 0.929 bits per heavy atom. The SMILES string of the molecule is Cc1cnc(C(OC2COCCOCCOCCOCCCO2)OC2COCCOCCOCCOCCCO2)cn1. The molecule has 2 aliphatic rings. The Hall–Kier alpha value is -1.40. The van der Waals surface area contributed by atoms with E-state index in [4.69, 9.17) is 56.8 Å². The fraction of sp³-hybridized carbons (Fsp3) is 0.857. The smallest absolute Gasteiger partial charge is 0.208 e. The molecule has 0 amide bonds. The maximum absolute atomic E-state index is 6.29. The molecule has 0 saturated carbocycles. The summed E-state index contributed by atoms with van der Waals surface area (Å²) >= 11 is 0. The molecule has 0 spiro atoms. The Morgan fingerprint density at radius 3 is 1.33 bits per heavy atom. The third-order valence-corrected chi connectivity index (χ3v) is 5.81. The summed E-state index contributed by atoms with van der Waals surface area (Å²) in [5, 5.41) is 0. The predicted octanol–water partition coefficient (Wildman–Crippen LogP) is 1.44. The quantitative estimate of drug-likeness (QED) is 0.448. The van der Waals surface area contributed by atoms with Crippen molar-refractivity contribution in [1.29, 1.82) is 0 Å². The van der Waals surface area contributed by atoms with Crippen molar-refractivity contribution in [2.75, 3.05) is 119 Å². The Balaban J connectivity index is 1.63. The van der Waals surface area contributed by atoms with E-state index in [-0.39, 0.29) is 13.2 Å². The number of nitrogens with zero attached hydrogens (tertiary/aromatic N) is 2. The number of ether oxygens (including phenoxy) is 12. The molecule has 2 fully saturated rings. The van der Waals surface area contributed by atoms with E-state index in [9.17, 15) is 0 Å². The Kier molecular flexibility index (Phi) is 20.0. The van der Waals surface area contributed by atoms with Crippen molar-refractivity contribution < 1.29 is 56.8 Å². The molecular weight excluding hydrogens is 556 g/mol. The third-order valence-electron chi connectivity index (χ3n) is 5.81. The van der Waals surface area contributed by atoms with E-state index >= 15 is 0 Å². The van der Waals surface area contributed by atoms with Crippen LogP contribution in [0.25, 0.3) is 0 Å². The van der Waals surface area contributed by atoms with Crippen LogP contribution in [0, 0.1) is 6.92 Å². The zero-order valence-electron chi connectivity index (χ0n) is 24.8. The molecule has 0 aromatic carbocycles. The standard InChI is InChI=1S/C28H48N2O12/c1-24-20-30-25(21-29-24)28(41-26-22-37-18-16-35-14-12-33-10-8-31-4-2-6-39-26)42-27-23-38-19-17-36-15-13-34-11-9-32-5-3-7-40-27/h20-21,26-28H,2-19,22-23H2,1H3. The van der Waals surface area contributed by atoms with Crippen LogP contribution in [0.15, 0.2) is 12.4 Å². The Bertz CT molecular complexity index is 691. The van der Waals surface area contributed by atoms with Gasteiger partial charge in [-0.05, 0) is 19.8 Å². The van der Waals surface area contributed by atoms with E-state index in [2.05, 4.69) is 9.97 Å². The van der Waals surface area contributed by atoms with Crippen LogP contribution in [0.5, 0.6) is 0 Å². The minimum absolute atomic E-state index is 0.153. The molecule has 2 unspecified atom stereocenters. The average Bonchev–Trinajstić information content (AvgIpc) is 2.99. The lowest BCUT2D eigenvalue weighted by Gasteiger charge is -2.28. The van der Waals surface area contributed by atoms with Crippen molar-refractivity contribution in [2.45, 2.75) is 38.6 Å². The molecule has 42 heavy (non-hydrogen) atoms. The third kappa shape index (κ3) is 17.0. The highest BCUT2D eigenvalue weighted by molar-refractivity contribution is 5.02. The van der Waals surface area contributed by atoms with Crippen molar-refractivity contribution in [3.63, 3.8) is 0 Å². The normalized spacial score (nSPS) is 25.8. The molecule has 2 atom stereocenters. The van der Waals surface area contributed by atoms with E-state index in [0.29, 0.717) is 124 Å². The topological polar surface area (TPSA) is 137 Å². The van der Waals surface area contributed by atoms with E-state index in [1.54, 1.807) is 12.4 Å². The number of hydrogen-bond acceptors (Lipinski definition) is 14. The highest BCUT2D eigenvalue weighted by Gasteiger charge is 2.26. The summed E-state index contributed by atoms with van der Waals surface area (Å²) in [5.41, 5.74) is 1.23. The van der Waals surface area contributed by atoms with E-state index in [0.717, 1.165) is 5.69 Å². The van der Waals surface area contributed by atoms with Crippen molar-refractivity contribution in [3.8, 4) is 0 Å². The first-order valence-electron chi connectivity index (χ1n) is 14.8. The van der Waals surface area contributed by atoms with Crippen LogP contribution >= 0.6 is 0 Å². The summed E-state index contributed by atoms with van der Waals surface area (Å²) in [6.07, 6.45) is 2.13. The van der Waals surface area contributed by atoms with Gasteiger partial charge in [0.25, 0.3) is 0 Å². The number of rotatable bonds is 5. The maximum atomic E-state index is 6.29. The molecule has 14 nitrogen and oxygen atoms in total. The molecule has 2 saturated heterocycles. The van der Waals surface area contributed by atoms with Crippen LogP contribution in [0.3, 0.4) is 0 Å². The first-order chi connectivity index (χ1) is 20.8. The molecule has 14 heteroatoms. The fourth-order valence-electron chi connectivity index (χ4n) is 3.65. The molecule has 3 heterocycles. The molecular formula is C28H48N2O12. The van der Waals surface area contributed by atoms with Crippen molar-refractivity contribution >= 4 is 0 Å². The lowest BCUT2D eigenvalue weighted by Crippen LogP contribution is -2.33. The van der Waals surface area contributed by atoms with Crippen molar-refractivity contribution in [3.05, 3.63) is 23.8 Å². The van der Waals surface area contributed by atoms with E-state index in [1.807, 2.05) is 6.92 Å². The minimum atomic E-state index is -0.967. The second-order valence-corrected chi connectivity index (χ2v) is 9.32. The largest absolute Gasteiger partial charge is 0.379 e. The van der Waals surface area contributed by atoms with Gasteiger partial charge in [-0.1, -0.05) is 0 Å². The number of aryl methyl sites for hydroxylation is 1. The van der Waals surface area contributed by atoms with E-state index < -0.39 is 18.9 Å². The number of hydrogen-bond donors (Lipinski definition) is 0. The van der Waals surface area contributed by atoms with Crippen LogP contribution in [0.1, 0.15) is 30.5 Å². The fourth-order valence-corrected chi connectivity index (χ4v) is 3.65. The second-order valence-electron chi connectivity index (χ2n) is 9.32. The summed E-state index contributed by atoms with van der Waals surface area (Å²) in [6, 6.07) is 0. The average molecular weight is 605 g/mol. The van der Waals surface area contributed by atoms with E-state index in [1.165, 1.54) is 0 Å². The van der Waals surface area contributed by atoms with Gasteiger partial charge in [0.05, 0.1) is 118 Å². The van der Waals surface area contributed by atoms with Crippen LogP contribution in [0.4, 0.5) is 0 Å². The Labute approximate surface area is 248 Å². The molecule has 2 aliphatic heterocycles. The van der Waals surface area contributed by atoms with Gasteiger partial charge in [-0.3, -0.25) is 9.97 Å². The van der Waals surface area contributed by atoms with Gasteiger partial charge >= 0.3 is 0 Å². The van der Waals surface area contributed by atoms with Gasteiger partial charge in [-0.2, -0.15) is 0 Å². The molecule has 0 radical (unpaired) electrons. The first-order valence-corrected chi connectivity index (χ1v) is 14.8. The molecule has 3 rings (SSSR count). The summed E-state index contributed by atoms with van der Waals surface area (Å²) in [7, 11) is 0. The van der Waals surface area contributed by atoms with Crippen LogP contribution in [-0.4, -0.2) is 141 Å². The monoisotopic (exact) mass is 604 g/mol.